The minimum atomic E-state index is 0.314. The lowest BCUT2D eigenvalue weighted by Gasteiger charge is -2.22. The van der Waals surface area contributed by atoms with Gasteiger partial charge in [0.2, 0.25) is 0 Å². The van der Waals surface area contributed by atoms with Crippen molar-refractivity contribution in [3.63, 3.8) is 0 Å². The van der Waals surface area contributed by atoms with Crippen molar-refractivity contribution in [2.24, 2.45) is 5.73 Å². The topological polar surface area (TPSA) is 55.0 Å². The van der Waals surface area contributed by atoms with Gasteiger partial charge in [0.05, 0.1) is 17.6 Å². The highest BCUT2D eigenvalue weighted by Crippen LogP contribution is 2.20. The van der Waals surface area contributed by atoms with Crippen LogP contribution in [-0.4, -0.2) is 17.0 Å². The average Bonchev–Trinajstić information content (AvgIpc) is 2.47. The number of anilines is 1. The fourth-order valence-electron chi connectivity index (χ4n) is 2.12. The molecule has 0 bridgehead atoms. The van der Waals surface area contributed by atoms with Crippen molar-refractivity contribution in [3.05, 3.63) is 53.6 Å². The maximum absolute atomic E-state index is 5.83. The van der Waals surface area contributed by atoms with E-state index >= 15 is 0 Å². The van der Waals surface area contributed by atoms with Crippen LogP contribution < -0.4 is 10.6 Å². The number of hydrogen-bond donors (Lipinski definition) is 1. The van der Waals surface area contributed by atoms with Crippen LogP contribution in [0.25, 0.3) is 0 Å². The molecule has 0 atom stereocenters. The normalized spacial score (nSPS) is 10.8. The van der Waals surface area contributed by atoms with E-state index in [1.54, 1.807) is 0 Å². The summed E-state index contributed by atoms with van der Waals surface area (Å²) in [5.41, 5.74) is 8.99. The highest BCUT2D eigenvalue weighted by atomic mass is 15.1. The van der Waals surface area contributed by atoms with Gasteiger partial charge in [-0.15, -0.1) is 0 Å². The molecule has 0 spiro atoms. The van der Waals surface area contributed by atoms with E-state index in [-0.39, 0.29) is 0 Å². The summed E-state index contributed by atoms with van der Waals surface area (Å²) in [5.74, 6) is 1.16. The molecule has 2 rings (SSSR count). The quantitative estimate of drug-likeness (QED) is 0.907. The number of hydrogen-bond acceptors (Lipinski definition) is 4. The van der Waals surface area contributed by atoms with Crippen LogP contribution in [0, 0.1) is 0 Å². The van der Waals surface area contributed by atoms with E-state index in [9.17, 15) is 0 Å². The van der Waals surface area contributed by atoms with Gasteiger partial charge in [0.25, 0.3) is 0 Å². The van der Waals surface area contributed by atoms with Gasteiger partial charge in [0.15, 0.2) is 0 Å². The molecular weight excluding hydrogens is 248 g/mol. The summed E-state index contributed by atoms with van der Waals surface area (Å²) in [7, 11) is 2.04. The third kappa shape index (κ3) is 3.33. The largest absolute Gasteiger partial charge is 0.368 e. The molecule has 106 valence electrons. The van der Waals surface area contributed by atoms with Crippen LogP contribution in [-0.2, 0) is 13.1 Å². The van der Waals surface area contributed by atoms with E-state index in [4.69, 9.17) is 5.73 Å². The predicted octanol–water partition coefficient (Wildman–Crippen LogP) is 2.70. The third-order valence-electron chi connectivity index (χ3n) is 3.25. The maximum Gasteiger partial charge on any atom is 0.131 e. The van der Waals surface area contributed by atoms with Gasteiger partial charge in [0.1, 0.15) is 5.82 Å². The Bertz CT molecular complexity index is 552. The smallest absolute Gasteiger partial charge is 0.131 e. The Hall–Kier alpha value is -1.94. The second-order valence-corrected chi connectivity index (χ2v) is 5.26. The first-order valence-corrected chi connectivity index (χ1v) is 6.92. The first-order valence-electron chi connectivity index (χ1n) is 6.92. The zero-order valence-electron chi connectivity index (χ0n) is 12.4. The van der Waals surface area contributed by atoms with Crippen molar-refractivity contribution in [2.45, 2.75) is 32.9 Å². The molecule has 4 nitrogen and oxygen atoms in total. The number of aromatic nitrogens is 2. The number of nitrogens with zero attached hydrogens (tertiary/aromatic N) is 3. The molecule has 4 heteroatoms. The summed E-state index contributed by atoms with van der Waals surface area (Å²) in [6.07, 6.45) is 1.88. The molecule has 2 aromatic rings. The average molecular weight is 270 g/mol. The predicted molar refractivity (Wildman–Crippen MR) is 82.6 cm³/mol. The highest BCUT2D eigenvalue weighted by Gasteiger charge is 2.12. The van der Waals surface area contributed by atoms with Gasteiger partial charge in [-0.3, -0.25) is 0 Å². The molecule has 0 aliphatic heterocycles. The fraction of sp³-hybridized carbons (Fsp3) is 0.375. The van der Waals surface area contributed by atoms with Crippen LogP contribution in [0.4, 0.5) is 5.69 Å². The van der Waals surface area contributed by atoms with E-state index in [1.165, 1.54) is 5.56 Å². The molecule has 1 aromatic heterocycles. The summed E-state index contributed by atoms with van der Waals surface area (Å²) in [5, 5.41) is 0. The Morgan fingerprint density at radius 2 is 1.90 bits per heavy atom. The maximum atomic E-state index is 5.83. The highest BCUT2D eigenvalue weighted by molar-refractivity contribution is 5.49. The van der Waals surface area contributed by atoms with Crippen molar-refractivity contribution < 1.29 is 0 Å². The summed E-state index contributed by atoms with van der Waals surface area (Å²) in [6, 6.07) is 10.3. The van der Waals surface area contributed by atoms with Gasteiger partial charge in [-0.25, -0.2) is 9.97 Å². The Balaban J connectivity index is 2.23. The molecule has 0 radical (unpaired) electrons. The van der Waals surface area contributed by atoms with Crippen LogP contribution in [0.5, 0.6) is 0 Å². The van der Waals surface area contributed by atoms with Crippen LogP contribution in [0.3, 0.4) is 0 Å². The van der Waals surface area contributed by atoms with Crippen LogP contribution in [0.2, 0.25) is 0 Å². The third-order valence-corrected chi connectivity index (χ3v) is 3.25. The summed E-state index contributed by atoms with van der Waals surface area (Å²) in [6.45, 7) is 5.42. The van der Waals surface area contributed by atoms with Crippen LogP contribution in [0.15, 0.2) is 36.5 Å². The summed E-state index contributed by atoms with van der Waals surface area (Å²) >= 11 is 0. The number of benzene rings is 1. The second-order valence-electron chi connectivity index (χ2n) is 5.26. The van der Waals surface area contributed by atoms with Gasteiger partial charge in [0, 0.05) is 26.1 Å². The van der Waals surface area contributed by atoms with E-state index in [0.717, 1.165) is 23.8 Å². The number of nitrogens with two attached hydrogens (primary N) is 1. The van der Waals surface area contributed by atoms with Crippen molar-refractivity contribution >= 4 is 5.69 Å². The molecule has 0 unspecified atom stereocenters. The molecule has 0 saturated heterocycles. The first-order chi connectivity index (χ1) is 9.61. The van der Waals surface area contributed by atoms with Crippen LogP contribution >= 0.6 is 0 Å². The molecule has 0 amide bonds. The van der Waals surface area contributed by atoms with Crippen molar-refractivity contribution in [2.75, 3.05) is 11.9 Å². The van der Waals surface area contributed by atoms with Gasteiger partial charge < -0.3 is 10.6 Å². The molecule has 0 saturated carbocycles. The Kier molecular flexibility index (Phi) is 4.69. The zero-order chi connectivity index (χ0) is 14.5. The molecule has 1 aromatic carbocycles. The Morgan fingerprint density at radius 1 is 1.20 bits per heavy atom. The minimum Gasteiger partial charge on any atom is -0.368 e. The van der Waals surface area contributed by atoms with Gasteiger partial charge >= 0.3 is 0 Å². The second kappa shape index (κ2) is 6.48. The lowest BCUT2D eigenvalue weighted by molar-refractivity contribution is 0.748. The molecule has 0 aliphatic carbocycles. The molecule has 20 heavy (non-hydrogen) atoms. The van der Waals surface area contributed by atoms with Crippen molar-refractivity contribution in [1.29, 1.82) is 0 Å². The monoisotopic (exact) mass is 270 g/mol. The first kappa shape index (κ1) is 14.5. The van der Waals surface area contributed by atoms with Gasteiger partial charge in [-0.05, 0) is 5.56 Å². The summed E-state index contributed by atoms with van der Waals surface area (Å²) in [4.78, 5) is 11.2. The minimum absolute atomic E-state index is 0.314. The molecule has 1 heterocycles. The fourth-order valence-corrected chi connectivity index (χ4v) is 2.12. The van der Waals surface area contributed by atoms with Crippen LogP contribution in [0.1, 0.15) is 36.8 Å². The number of rotatable bonds is 5. The Morgan fingerprint density at radius 3 is 2.50 bits per heavy atom. The van der Waals surface area contributed by atoms with Crippen molar-refractivity contribution in [1.82, 2.24) is 9.97 Å². The van der Waals surface area contributed by atoms with Crippen molar-refractivity contribution in [3.8, 4) is 0 Å². The van der Waals surface area contributed by atoms with E-state index in [2.05, 4.69) is 40.8 Å². The molecular formula is C16H22N4. The van der Waals surface area contributed by atoms with E-state index in [1.807, 2.05) is 31.4 Å². The molecule has 0 fully saturated rings. The molecule has 2 N–H and O–H groups in total. The zero-order valence-corrected chi connectivity index (χ0v) is 12.4. The standard InChI is InChI=1S/C16H22N4/c1-12(2)16-18-10-15(14(9-17)19-16)20(3)11-13-7-5-4-6-8-13/h4-8,10,12H,9,11,17H2,1-3H3. The lowest BCUT2D eigenvalue weighted by atomic mass is 10.2. The SMILES string of the molecule is CC(C)c1ncc(N(C)Cc2ccccc2)c(CN)n1. The van der Waals surface area contributed by atoms with E-state index in [0.29, 0.717) is 12.5 Å². The lowest BCUT2D eigenvalue weighted by Crippen LogP contribution is -2.21. The van der Waals surface area contributed by atoms with Gasteiger partial charge in [-0.2, -0.15) is 0 Å². The summed E-state index contributed by atoms with van der Waals surface area (Å²) < 4.78 is 0. The molecule has 0 aliphatic rings. The van der Waals surface area contributed by atoms with Gasteiger partial charge in [-0.1, -0.05) is 44.2 Å². The Labute approximate surface area is 120 Å². The van der Waals surface area contributed by atoms with E-state index < -0.39 is 0 Å².